The molecule has 1 aliphatic carbocycles. The molecule has 1 aromatic carbocycles. The summed E-state index contributed by atoms with van der Waals surface area (Å²) in [6, 6.07) is 8.39. The van der Waals surface area contributed by atoms with E-state index in [0.717, 1.165) is 53.5 Å². The molecule has 0 bridgehead atoms. The molecule has 0 spiro atoms. The lowest BCUT2D eigenvalue weighted by molar-refractivity contribution is 0.460. The molecule has 0 amide bonds. The molecule has 6 nitrogen and oxygen atoms in total. The number of hydrogen-bond acceptors (Lipinski definition) is 4. The van der Waals surface area contributed by atoms with Crippen LogP contribution in [0.3, 0.4) is 0 Å². The van der Waals surface area contributed by atoms with Crippen molar-refractivity contribution in [2.45, 2.75) is 63.2 Å². The Morgan fingerprint density at radius 2 is 1.97 bits per heavy atom. The Kier molecular flexibility index (Phi) is 8.68. The lowest BCUT2D eigenvalue weighted by Crippen LogP contribution is -2.37. The van der Waals surface area contributed by atoms with Gasteiger partial charge in [-0.2, -0.15) is 0 Å². The molecule has 0 atom stereocenters. The fourth-order valence-electron chi connectivity index (χ4n) is 3.70. The van der Waals surface area contributed by atoms with Gasteiger partial charge in [0.1, 0.15) is 5.82 Å². The van der Waals surface area contributed by atoms with Crippen LogP contribution in [0.5, 0.6) is 0 Å². The molecular formula is C21H31ClN6S. The highest BCUT2D eigenvalue weighted by Gasteiger charge is 2.23. The summed E-state index contributed by atoms with van der Waals surface area (Å²) in [6.45, 7) is 4.38. The summed E-state index contributed by atoms with van der Waals surface area (Å²) in [7, 11) is 0. The maximum absolute atomic E-state index is 5.95. The highest BCUT2D eigenvalue weighted by atomic mass is 35.5. The number of halogens is 1. The first-order valence-corrected chi connectivity index (χ1v) is 12.1. The van der Waals surface area contributed by atoms with E-state index < -0.39 is 0 Å². The largest absolute Gasteiger partial charge is 0.357 e. The van der Waals surface area contributed by atoms with Crippen molar-refractivity contribution in [1.82, 2.24) is 25.4 Å². The maximum atomic E-state index is 5.95. The lowest BCUT2D eigenvalue weighted by Gasteiger charge is -2.16. The molecule has 1 aromatic heterocycles. The van der Waals surface area contributed by atoms with Crippen LogP contribution in [-0.2, 0) is 13.0 Å². The summed E-state index contributed by atoms with van der Waals surface area (Å²) < 4.78 is 2.39. The van der Waals surface area contributed by atoms with E-state index in [4.69, 9.17) is 11.6 Å². The Labute approximate surface area is 182 Å². The summed E-state index contributed by atoms with van der Waals surface area (Å²) in [5.74, 6) is 1.95. The van der Waals surface area contributed by atoms with Crippen molar-refractivity contribution >= 4 is 29.3 Å². The van der Waals surface area contributed by atoms with Crippen LogP contribution in [0.4, 0.5) is 0 Å². The van der Waals surface area contributed by atoms with Crippen LogP contribution in [0.15, 0.2) is 34.4 Å². The second-order valence-corrected chi connectivity index (χ2v) is 8.47. The zero-order valence-electron chi connectivity index (χ0n) is 17.3. The van der Waals surface area contributed by atoms with Gasteiger partial charge in [-0.1, -0.05) is 48.3 Å². The molecule has 2 aromatic rings. The van der Waals surface area contributed by atoms with Gasteiger partial charge in [0.25, 0.3) is 0 Å². The molecule has 2 N–H and O–H groups in total. The normalized spacial score (nSPS) is 15.1. The molecular weight excluding hydrogens is 404 g/mol. The molecule has 8 heteroatoms. The van der Waals surface area contributed by atoms with Crippen LogP contribution in [-0.4, -0.2) is 40.1 Å². The number of benzene rings is 1. The predicted molar refractivity (Wildman–Crippen MR) is 122 cm³/mol. The Hall–Kier alpha value is -1.73. The second-order valence-electron chi connectivity index (χ2n) is 7.26. The predicted octanol–water partition coefficient (Wildman–Crippen LogP) is 4.46. The Morgan fingerprint density at radius 3 is 2.66 bits per heavy atom. The van der Waals surface area contributed by atoms with E-state index in [2.05, 4.69) is 43.6 Å². The minimum absolute atomic E-state index is 0.577. The summed E-state index contributed by atoms with van der Waals surface area (Å²) in [5.41, 5.74) is 1.14. The minimum Gasteiger partial charge on any atom is -0.357 e. The van der Waals surface area contributed by atoms with E-state index in [9.17, 15) is 0 Å². The molecule has 1 aliphatic rings. The molecule has 1 fully saturated rings. The van der Waals surface area contributed by atoms with Gasteiger partial charge in [-0.25, -0.2) is 4.99 Å². The van der Waals surface area contributed by atoms with Crippen LogP contribution in [0.2, 0.25) is 5.02 Å². The van der Waals surface area contributed by atoms with Crippen molar-refractivity contribution in [3.8, 4) is 0 Å². The van der Waals surface area contributed by atoms with Gasteiger partial charge in [-0.3, -0.25) is 0 Å². The zero-order chi connectivity index (χ0) is 20.5. The maximum Gasteiger partial charge on any atom is 0.191 e. The average Bonchev–Trinajstić information content (AvgIpc) is 3.39. The number of thioether (sulfide) groups is 1. The third-order valence-corrected chi connectivity index (χ3v) is 6.05. The first kappa shape index (κ1) is 22.0. The molecule has 29 heavy (non-hydrogen) atoms. The van der Waals surface area contributed by atoms with Crippen molar-refractivity contribution < 1.29 is 0 Å². The smallest absolute Gasteiger partial charge is 0.191 e. The van der Waals surface area contributed by atoms with Crippen LogP contribution < -0.4 is 10.6 Å². The lowest BCUT2D eigenvalue weighted by atomic mass is 10.2. The number of hydrogen-bond donors (Lipinski definition) is 2. The quantitative estimate of drug-likeness (QED) is 0.264. The Morgan fingerprint density at radius 1 is 1.21 bits per heavy atom. The summed E-state index contributed by atoms with van der Waals surface area (Å²) in [5, 5.41) is 17.4. The third-order valence-electron chi connectivity index (χ3n) is 5.15. The topological polar surface area (TPSA) is 67.1 Å². The van der Waals surface area contributed by atoms with E-state index in [0.29, 0.717) is 12.6 Å². The average molecular weight is 435 g/mol. The van der Waals surface area contributed by atoms with Crippen molar-refractivity contribution in [3.05, 3.63) is 40.7 Å². The van der Waals surface area contributed by atoms with Gasteiger partial charge in [0.05, 0.1) is 6.54 Å². The number of nitrogens with one attached hydrogen (secondary N) is 2. The van der Waals surface area contributed by atoms with Gasteiger partial charge in [0.15, 0.2) is 11.1 Å². The molecule has 1 saturated carbocycles. The van der Waals surface area contributed by atoms with Gasteiger partial charge in [-0.15, -0.1) is 10.2 Å². The monoisotopic (exact) mass is 434 g/mol. The van der Waals surface area contributed by atoms with Crippen LogP contribution >= 0.6 is 23.4 Å². The SMILES string of the molecule is CCNC(=NCc1ccc(Cl)cc1)NCCCc1nnc(SC)n1C1CCCC1. The third kappa shape index (κ3) is 6.37. The van der Waals surface area contributed by atoms with Crippen LogP contribution in [0.25, 0.3) is 0 Å². The van der Waals surface area contributed by atoms with E-state index in [1.807, 2.05) is 24.3 Å². The molecule has 0 radical (unpaired) electrons. The Bertz CT molecular complexity index is 783. The number of guanidine groups is 1. The second kappa shape index (κ2) is 11.5. The first-order valence-electron chi connectivity index (χ1n) is 10.5. The highest BCUT2D eigenvalue weighted by Crippen LogP contribution is 2.33. The number of aryl methyl sites for hydroxylation is 1. The van der Waals surface area contributed by atoms with Crippen molar-refractivity contribution in [3.63, 3.8) is 0 Å². The van der Waals surface area contributed by atoms with E-state index >= 15 is 0 Å². The molecule has 0 aliphatic heterocycles. The molecule has 1 heterocycles. The fourth-order valence-corrected chi connectivity index (χ4v) is 4.40. The summed E-state index contributed by atoms with van der Waals surface area (Å²) in [6.07, 6.45) is 9.12. The van der Waals surface area contributed by atoms with E-state index in [-0.39, 0.29) is 0 Å². The van der Waals surface area contributed by atoms with Crippen LogP contribution in [0, 0.1) is 0 Å². The number of nitrogens with zero attached hydrogens (tertiary/aromatic N) is 4. The number of aromatic nitrogens is 3. The van der Waals surface area contributed by atoms with Crippen molar-refractivity contribution in [2.75, 3.05) is 19.3 Å². The number of aliphatic imine (C=N–C) groups is 1. The summed E-state index contributed by atoms with van der Waals surface area (Å²) in [4.78, 5) is 4.67. The van der Waals surface area contributed by atoms with Gasteiger partial charge in [0, 0.05) is 30.6 Å². The number of rotatable bonds is 9. The fraction of sp³-hybridized carbons (Fsp3) is 0.571. The van der Waals surface area contributed by atoms with Gasteiger partial charge < -0.3 is 15.2 Å². The summed E-state index contributed by atoms with van der Waals surface area (Å²) >= 11 is 7.64. The molecule has 0 saturated heterocycles. The minimum atomic E-state index is 0.577. The molecule has 0 unspecified atom stereocenters. The van der Waals surface area contributed by atoms with E-state index in [1.54, 1.807) is 11.8 Å². The van der Waals surface area contributed by atoms with E-state index in [1.165, 1.54) is 25.7 Å². The van der Waals surface area contributed by atoms with Gasteiger partial charge in [-0.05, 0) is 50.1 Å². The van der Waals surface area contributed by atoms with Crippen molar-refractivity contribution in [1.29, 1.82) is 0 Å². The Balaban J connectivity index is 1.52. The zero-order valence-corrected chi connectivity index (χ0v) is 18.9. The standard InChI is InChI=1S/C21H31ClN6S/c1-3-23-20(25-15-16-10-12-17(22)13-11-16)24-14-6-9-19-26-27-21(29-2)28(19)18-7-4-5-8-18/h10-13,18H,3-9,14-15H2,1-2H3,(H2,23,24,25). The van der Waals surface area contributed by atoms with Crippen molar-refractivity contribution in [2.24, 2.45) is 4.99 Å². The molecule has 3 rings (SSSR count). The molecule has 158 valence electrons. The van der Waals surface area contributed by atoms with Gasteiger partial charge in [0.2, 0.25) is 0 Å². The first-order chi connectivity index (χ1) is 14.2. The van der Waals surface area contributed by atoms with Crippen LogP contribution in [0.1, 0.15) is 56.5 Å². The van der Waals surface area contributed by atoms with Gasteiger partial charge >= 0.3 is 0 Å². The highest BCUT2D eigenvalue weighted by molar-refractivity contribution is 7.98.